The number of alkyl carbamates (subject to hydrolysis) is 1. The maximum atomic E-state index is 13.2. The Hall–Kier alpha value is -5.55. The van der Waals surface area contributed by atoms with Gasteiger partial charge in [0.1, 0.15) is 47.4 Å². The van der Waals surface area contributed by atoms with E-state index in [4.69, 9.17) is 39.2 Å². The van der Waals surface area contributed by atoms with Gasteiger partial charge in [0.2, 0.25) is 11.3 Å². The molecule has 8 rings (SSSR count). The third kappa shape index (κ3) is 12.6. The minimum atomic E-state index is -5.91. The van der Waals surface area contributed by atoms with Gasteiger partial charge >= 0.3 is 29.6 Å². The van der Waals surface area contributed by atoms with E-state index in [2.05, 4.69) is 72.9 Å². The van der Waals surface area contributed by atoms with Crippen molar-refractivity contribution in [3.63, 3.8) is 0 Å². The average molecular weight is 1140 g/mol. The Labute approximate surface area is 433 Å². The fourth-order valence-corrected chi connectivity index (χ4v) is 13.3. The number of aromatic nitrogens is 4. The monoisotopic (exact) mass is 1140 g/mol. The second-order valence-corrected chi connectivity index (χ2v) is 25.0. The van der Waals surface area contributed by atoms with Gasteiger partial charge in [0.05, 0.1) is 30.1 Å². The first-order chi connectivity index (χ1) is 35.3. The zero-order chi connectivity index (χ0) is 55.5. The number of aliphatic hydroxyl groups is 1. The summed E-state index contributed by atoms with van der Waals surface area (Å²) >= 11 is 0. The second kappa shape index (κ2) is 21.0. The van der Waals surface area contributed by atoms with Crippen LogP contribution in [0.3, 0.4) is 0 Å². The summed E-state index contributed by atoms with van der Waals surface area (Å²) in [6.07, 6.45) is -1.36. The Morgan fingerprint density at radius 2 is 1.67 bits per heavy atom. The van der Waals surface area contributed by atoms with E-state index >= 15 is 0 Å². The van der Waals surface area contributed by atoms with Crippen LogP contribution < -0.4 is 41.3 Å². The highest BCUT2D eigenvalue weighted by molar-refractivity contribution is 7.86. The van der Waals surface area contributed by atoms with Gasteiger partial charge in [-0.1, -0.05) is 6.08 Å². The van der Waals surface area contributed by atoms with E-state index < -0.39 is 88.0 Å². The summed E-state index contributed by atoms with van der Waals surface area (Å²) in [7, 11) is -21.8. The third-order valence-electron chi connectivity index (χ3n) is 12.6. The Balaban J connectivity index is 0.921. The van der Waals surface area contributed by atoms with Crippen LogP contribution in [0.2, 0.25) is 0 Å². The molecule has 1 saturated heterocycles. The molecule has 76 heavy (non-hydrogen) atoms. The quantitative estimate of drug-likeness (QED) is 0.0248. The van der Waals surface area contributed by atoms with Gasteiger partial charge in [0.15, 0.2) is 40.8 Å². The molecule has 4 aromatic rings. The average Bonchev–Trinajstić information content (AvgIpc) is 3.88. The van der Waals surface area contributed by atoms with Gasteiger partial charge < -0.3 is 60.2 Å². The summed E-state index contributed by atoms with van der Waals surface area (Å²) in [5.74, 6) is -0.129. The molecule has 0 aliphatic carbocycles. The molecule has 6 heterocycles. The second-order valence-electron chi connectivity index (χ2n) is 19.1. The van der Waals surface area contributed by atoms with Crippen molar-refractivity contribution in [3.05, 3.63) is 70.9 Å². The van der Waals surface area contributed by atoms with Crippen LogP contribution in [-0.2, 0) is 51.2 Å². The number of likely N-dealkylation sites (N-methyl/N-ethyl adjacent to an activating group) is 1. The molecule has 2 unspecified atom stereocenters. The number of nitrogen functional groups attached to an aromatic ring is 1. The first-order valence-corrected chi connectivity index (χ1v) is 29.4. The number of nitrogens with zero attached hydrogens (tertiary/aromatic N) is 7. The van der Waals surface area contributed by atoms with E-state index in [1.807, 2.05) is 30.6 Å². The van der Waals surface area contributed by atoms with E-state index in [1.54, 1.807) is 18.2 Å². The molecule has 0 saturated carbocycles. The number of anilines is 2. The molecule has 6 atom stereocenters. The Bertz CT molecular complexity index is 3480. The number of allylic oxidation sites excluding steroid dienone is 1. The van der Waals surface area contributed by atoms with Gasteiger partial charge in [0.25, 0.3) is 10.1 Å². The molecule has 412 valence electrons. The van der Waals surface area contributed by atoms with E-state index in [0.29, 0.717) is 52.0 Å². The van der Waals surface area contributed by atoms with Crippen molar-refractivity contribution in [1.29, 1.82) is 0 Å². The predicted octanol–water partition coefficient (Wildman–Crippen LogP) is 2.33. The smallest absolute Gasteiger partial charge is 0.452 e. The van der Waals surface area contributed by atoms with Crippen LogP contribution in [0.4, 0.5) is 22.0 Å². The number of fused-ring (bicyclic) bond motifs is 5. The first kappa shape index (κ1) is 56.6. The van der Waals surface area contributed by atoms with Crippen LogP contribution in [0.1, 0.15) is 71.7 Å². The highest BCUT2D eigenvalue weighted by atomic mass is 32.2. The minimum absolute atomic E-state index is 0.00508. The molecule has 4 aliphatic heterocycles. The van der Waals surface area contributed by atoms with Crippen LogP contribution in [0, 0.1) is 0 Å². The first-order valence-electron chi connectivity index (χ1n) is 23.3. The number of rotatable bonds is 19. The number of ether oxygens (including phenoxy) is 3. The minimum Gasteiger partial charge on any atom is -0.452 e. The van der Waals surface area contributed by atoms with Gasteiger partial charge in [-0.2, -0.15) is 17.0 Å². The highest BCUT2D eigenvalue weighted by Gasteiger charge is 2.50. The number of hydrogen-bond acceptors (Lipinski definition) is 20. The van der Waals surface area contributed by atoms with Crippen molar-refractivity contribution in [2.75, 3.05) is 49.2 Å². The molecule has 10 N–H and O–H groups in total. The van der Waals surface area contributed by atoms with Crippen LogP contribution in [0.15, 0.2) is 54.1 Å². The Morgan fingerprint density at radius 1 is 0.947 bits per heavy atom. The lowest BCUT2D eigenvalue weighted by molar-refractivity contribution is -0.121. The molecular formula is C43H56N10O19P3S+. The number of imidazole rings is 1. The van der Waals surface area contributed by atoms with Gasteiger partial charge in [-0.25, -0.2) is 43.0 Å². The number of phosphoric acid groups is 3. The Kier molecular flexibility index (Phi) is 15.7. The molecule has 0 radical (unpaired) electrons. The summed E-state index contributed by atoms with van der Waals surface area (Å²) < 4.78 is 103. The maximum Gasteiger partial charge on any atom is 0.490 e. The summed E-state index contributed by atoms with van der Waals surface area (Å²) in [5.41, 5.74) is 9.52. The largest absolute Gasteiger partial charge is 0.490 e. The summed E-state index contributed by atoms with van der Waals surface area (Å²) in [4.78, 5) is 82.9. The molecule has 1 fully saturated rings. The number of carbonyl (C=O) groups excluding carboxylic acids is 2. The molecule has 33 heteroatoms. The molecule has 4 aliphatic rings. The summed E-state index contributed by atoms with van der Waals surface area (Å²) in [5, 5.41) is 17.5. The molecule has 0 bridgehead atoms. The SMILES string of the molecule is CCN1c2cc3c(cc2C(C)=CC1(C)C)N=c1cc2c(cc1O3)=[N+](CCCC(=O)NCCNC(=O)O[C@H]1[C@@H](O)[C@H](n3cnc4c(N)ncnc43)O[C@@H]1COP(=O)(O)OP(=O)(O)OP(=O)(O)O)C(C)(C)C=C2CS(=O)(=O)O. The lowest BCUT2D eigenvalue weighted by atomic mass is 9.88. The fourth-order valence-electron chi connectivity index (χ4n) is 9.69. The van der Waals surface area contributed by atoms with Gasteiger partial charge in [-0.3, -0.25) is 18.4 Å². The molecule has 2 amide bonds. The third-order valence-corrected chi connectivity index (χ3v) is 17.1. The fraction of sp³-hybridized carbons (Fsp3) is 0.465. The van der Waals surface area contributed by atoms with Crippen LogP contribution in [0.5, 0.6) is 11.5 Å². The van der Waals surface area contributed by atoms with Crippen molar-refractivity contribution >= 4 is 85.1 Å². The number of benzene rings is 2. The molecule has 0 spiro atoms. The van der Waals surface area contributed by atoms with Crippen molar-refractivity contribution in [1.82, 2.24) is 34.7 Å². The van der Waals surface area contributed by atoms with Crippen molar-refractivity contribution in [3.8, 4) is 11.5 Å². The molecular weight excluding hydrogens is 1090 g/mol. The van der Waals surface area contributed by atoms with Crippen LogP contribution in [0.25, 0.3) is 22.3 Å². The zero-order valence-corrected chi connectivity index (χ0v) is 45.0. The van der Waals surface area contributed by atoms with Crippen LogP contribution in [-0.4, -0.2) is 137 Å². The van der Waals surface area contributed by atoms with Gasteiger partial charge in [-0.15, -0.1) is 0 Å². The topological polar surface area (TPSA) is 409 Å². The van der Waals surface area contributed by atoms with E-state index in [9.17, 15) is 51.1 Å². The normalized spacial score (nSPS) is 22.1. The number of hydrogen-bond donors (Lipinski definition) is 9. The van der Waals surface area contributed by atoms with Crippen molar-refractivity contribution < 1.29 is 88.3 Å². The number of aliphatic hydroxyl groups excluding tert-OH is 1. The van der Waals surface area contributed by atoms with Crippen LogP contribution >= 0.6 is 23.5 Å². The zero-order valence-electron chi connectivity index (χ0n) is 41.5. The number of amides is 2. The predicted molar refractivity (Wildman–Crippen MR) is 269 cm³/mol. The number of nitrogens with two attached hydrogens (primary N) is 1. The van der Waals surface area contributed by atoms with Crippen molar-refractivity contribution in [2.24, 2.45) is 4.99 Å². The molecule has 2 aromatic carbocycles. The number of nitrogens with one attached hydrogen (secondary N) is 2. The van der Waals surface area contributed by atoms with E-state index in [-0.39, 0.29) is 42.0 Å². The lowest BCUT2D eigenvalue weighted by Gasteiger charge is -2.43. The maximum absolute atomic E-state index is 13.2. The molecule has 29 nitrogen and oxygen atoms in total. The molecule has 2 aromatic heterocycles. The summed E-state index contributed by atoms with van der Waals surface area (Å²) in [6.45, 7) is 11.8. The highest BCUT2D eigenvalue weighted by Crippen LogP contribution is 2.66. The summed E-state index contributed by atoms with van der Waals surface area (Å²) in [6, 6.07) is 7.48. The number of phosphoric ester groups is 1. The Morgan fingerprint density at radius 3 is 2.37 bits per heavy atom. The van der Waals surface area contributed by atoms with Crippen molar-refractivity contribution in [2.45, 2.75) is 90.0 Å². The standard InChI is InChI=1S/C43H55N10O19P3S/c1-7-52-29-15-31-27(13-25(29)23(2)17-42(52,3)4)50-28-14-26-24(20-76(64,65)66)18-43(5,6)53(30(26)16-32(28)68-31)12-8-9-34(54)45-10-11-46-41(56)70-37-33(19-67-74(60,61)72-75(62,63)71-73(57,58)59)69-40(36(37)55)51-22-49-35-38(44)47-21-48-39(35)51/h13-18,21-22,33,36-37,40,55H,7-12,19-20H2,1-6H3,(H8-,44,45,46,47,48,54,56,57,58,59,60,61,62,63,64,65,66)/p+1/t33-,36-,37-,40-/m1/s1. The number of carbonyl (C=O) groups is 2. The van der Waals surface area contributed by atoms with Gasteiger partial charge in [-0.05, 0) is 57.0 Å². The van der Waals surface area contributed by atoms with E-state index in [1.165, 1.54) is 4.57 Å². The lowest BCUT2D eigenvalue weighted by Crippen LogP contribution is -2.50. The van der Waals surface area contributed by atoms with E-state index in [0.717, 1.165) is 36.0 Å². The van der Waals surface area contributed by atoms with Gasteiger partial charge in [0, 0.05) is 63.6 Å².